The van der Waals surface area contributed by atoms with Crippen LogP contribution in [0.15, 0.2) is 58.5 Å². The van der Waals surface area contributed by atoms with Crippen molar-refractivity contribution < 1.29 is 4.79 Å². The molecule has 2 heterocycles. The first kappa shape index (κ1) is 20.2. The average Bonchev–Trinajstić information content (AvgIpc) is 3.43. The van der Waals surface area contributed by atoms with Gasteiger partial charge in [-0.2, -0.15) is 0 Å². The quantitative estimate of drug-likeness (QED) is 0.332. The SMILES string of the molecule is CC(Sc1nc2ccccc2c(=O)n1C1CCCC1)C(=O)Nc1nc2ccccc2s1. The van der Waals surface area contributed by atoms with Gasteiger partial charge in [-0.15, -0.1) is 0 Å². The fourth-order valence-corrected chi connectivity index (χ4v) is 5.89. The largest absolute Gasteiger partial charge is 0.301 e. The molecule has 1 N–H and O–H groups in total. The van der Waals surface area contributed by atoms with Gasteiger partial charge in [0.2, 0.25) is 5.91 Å². The molecule has 1 saturated carbocycles. The molecule has 1 unspecified atom stereocenters. The monoisotopic (exact) mass is 450 g/mol. The lowest BCUT2D eigenvalue weighted by Crippen LogP contribution is -2.29. The number of benzene rings is 2. The third kappa shape index (κ3) is 3.97. The zero-order valence-corrected chi connectivity index (χ0v) is 18.7. The van der Waals surface area contributed by atoms with Gasteiger partial charge in [-0.3, -0.25) is 14.2 Å². The molecule has 0 bridgehead atoms. The van der Waals surface area contributed by atoms with Crippen LogP contribution in [0.1, 0.15) is 38.6 Å². The van der Waals surface area contributed by atoms with Gasteiger partial charge >= 0.3 is 0 Å². The van der Waals surface area contributed by atoms with Crippen molar-refractivity contribution >= 4 is 55.3 Å². The first-order valence-electron chi connectivity index (χ1n) is 10.4. The second kappa shape index (κ2) is 8.43. The van der Waals surface area contributed by atoms with Crippen molar-refractivity contribution in [3.05, 3.63) is 58.9 Å². The van der Waals surface area contributed by atoms with Gasteiger partial charge in [0.05, 0.1) is 26.4 Å². The van der Waals surface area contributed by atoms with Gasteiger partial charge in [0.15, 0.2) is 10.3 Å². The molecule has 1 atom stereocenters. The summed E-state index contributed by atoms with van der Waals surface area (Å²) in [6, 6.07) is 15.4. The van der Waals surface area contributed by atoms with Crippen LogP contribution in [-0.4, -0.2) is 25.7 Å². The Morgan fingerprint density at radius 2 is 1.81 bits per heavy atom. The lowest BCUT2D eigenvalue weighted by molar-refractivity contribution is -0.115. The van der Waals surface area contributed by atoms with E-state index in [-0.39, 0.29) is 17.5 Å². The van der Waals surface area contributed by atoms with Crippen LogP contribution in [0.3, 0.4) is 0 Å². The Morgan fingerprint density at radius 3 is 2.58 bits per heavy atom. The van der Waals surface area contributed by atoms with Crippen molar-refractivity contribution in [1.29, 1.82) is 0 Å². The highest BCUT2D eigenvalue weighted by Crippen LogP contribution is 2.34. The van der Waals surface area contributed by atoms with E-state index in [1.807, 2.05) is 60.0 Å². The molecule has 0 spiro atoms. The summed E-state index contributed by atoms with van der Waals surface area (Å²) in [4.78, 5) is 35.4. The molecule has 31 heavy (non-hydrogen) atoms. The van der Waals surface area contributed by atoms with Crippen LogP contribution in [-0.2, 0) is 4.79 Å². The number of aromatic nitrogens is 3. The second-order valence-corrected chi connectivity index (χ2v) is 10.1. The summed E-state index contributed by atoms with van der Waals surface area (Å²) in [6.07, 6.45) is 4.17. The zero-order valence-electron chi connectivity index (χ0n) is 17.1. The van der Waals surface area contributed by atoms with Gasteiger partial charge in [0.1, 0.15) is 0 Å². The predicted molar refractivity (Wildman–Crippen MR) is 127 cm³/mol. The molecular weight excluding hydrogens is 428 g/mol. The summed E-state index contributed by atoms with van der Waals surface area (Å²) >= 11 is 2.79. The molecular formula is C23H22N4O2S2. The number of thioether (sulfide) groups is 1. The molecule has 8 heteroatoms. The number of hydrogen-bond donors (Lipinski definition) is 1. The van der Waals surface area contributed by atoms with Crippen molar-refractivity contribution in [2.75, 3.05) is 5.32 Å². The Hall–Kier alpha value is -2.71. The highest BCUT2D eigenvalue weighted by molar-refractivity contribution is 8.00. The molecule has 0 saturated heterocycles. The maximum absolute atomic E-state index is 13.3. The predicted octanol–water partition coefficient (Wildman–Crippen LogP) is 5.24. The van der Waals surface area contributed by atoms with Crippen LogP contribution >= 0.6 is 23.1 Å². The highest BCUT2D eigenvalue weighted by Gasteiger charge is 2.26. The van der Waals surface area contributed by atoms with Gasteiger partial charge in [-0.25, -0.2) is 9.97 Å². The number of nitrogens with one attached hydrogen (secondary N) is 1. The average molecular weight is 451 g/mol. The van der Waals surface area contributed by atoms with Crippen molar-refractivity contribution in [2.24, 2.45) is 0 Å². The second-order valence-electron chi connectivity index (χ2n) is 7.76. The standard InChI is InChI=1S/C23H22N4O2S2/c1-14(20(28)26-22-24-18-12-6-7-13-19(18)31-22)30-23-25-17-11-5-4-10-16(17)21(29)27(23)15-8-2-3-9-15/h4-7,10-15H,2-3,8-9H2,1H3,(H,24,26,28). The zero-order chi connectivity index (χ0) is 21.4. The molecule has 4 aromatic rings. The van der Waals surface area contributed by atoms with E-state index in [0.717, 1.165) is 35.9 Å². The number of fused-ring (bicyclic) bond motifs is 2. The fraction of sp³-hybridized carbons (Fsp3) is 0.304. The minimum atomic E-state index is -0.423. The van der Waals surface area contributed by atoms with E-state index in [1.165, 1.54) is 23.1 Å². The smallest absolute Gasteiger partial charge is 0.262 e. The number of amides is 1. The number of rotatable bonds is 5. The van der Waals surface area contributed by atoms with Gasteiger partial charge in [-0.05, 0) is 44.0 Å². The molecule has 0 aliphatic heterocycles. The lowest BCUT2D eigenvalue weighted by atomic mass is 10.2. The summed E-state index contributed by atoms with van der Waals surface area (Å²) in [5, 5.41) is 4.33. The number of anilines is 1. The van der Waals surface area contributed by atoms with Crippen LogP contribution in [0.4, 0.5) is 5.13 Å². The van der Waals surface area contributed by atoms with E-state index in [9.17, 15) is 9.59 Å². The van der Waals surface area contributed by atoms with E-state index in [4.69, 9.17) is 4.98 Å². The summed E-state index contributed by atoms with van der Waals surface area (Å²) in [7, 11) is 0. The number of hydrogen-bond acceptors (Lipinski definition) is 6. The lowest BCUT2D eigenvalue weighted by Gasteiger charge is -2.20. The maximum Gasteiger partial charge on any atom is 0.262 e. The minimum absolute atomic E-state index is 0.0150. The first-order chi connectivity index (χ1) is 15.1. The molecule has 1 aliphatic rings. The van der Waals surface area contributed by atoms with Gasteiger partial charge in [0, 0.05) is 6.04 Å². The van der Waals surface area contributed by atoms with Crippen molar-refractivity contribution in [3.8, 4) is 0 Å². The van der Waals surface area contributed by atoms with Crippen molar-refractivity contribution in [1.82, 2.24) is 14.5 Å². The van der Waals surface area contributed by atoms with Crippen LogP contribution in [0, 0.1) is 0 Å². The van der Waals surface area contributed by atoms with Crippen LogP contribution in [0.25, 0.3) is 21.1 Å². The Morgan fingerprint density at radius 1 is 1.10 bits per heavy atom. The molecule has 2 aromatic carbocycles. The Bertz CT molecular complexity index is 1290. The van der Waals surface area contributed by atoms with E-state index in [2.05, 4.69) is 10.3 Å². The van der Waals surface area contributed by atoms with Gasteiger partial charge < -0.3 is 5.32 Å². The number of carbonyl (C=O) groups is 1. The van der Waals surface area contributed by atoms with Crippen molar-refractivity contribution in [3.63, 3.8) is 0 Å². The number of nitrogens with zero attached hydrogens (tertiary/aromatic N) is 3. The highest BCUT2D eigenvalue weighted by atomic mass is 32.2. The van der Waals surface area contributed by atoms with Crippen LogP contribution < -0.4 is 10.9 Å². The van der Waals surface area contributed by atoms with E-state index in [0.29, 0.717) is 21.2 Å². The summed E-state index contributed by atoms with van der Waals surface area (Å²) in [5.74, 6) is -0.149. The molecule has 1 fully saturated rings. The van der Waals surface area contributed by atoms with E-state index in [1.54, 1.807) is 0 Å². The number of carbonyl (C=O) groups excluding carboxylic acids is 1. The molecule has 0 radical (unpaired) electrons. The third-order valence-electron chi connectivity index (χ3n) is 5.64. The summed E-state index contributed by atoms with van der Waals surface area (Å²) in [6.45, 7) is 1.84. The molecule has 1 aliphatic carbocycles. The first-order valence-corrected chi connectivity index (χ1v) is 12.1. The Balaban J connectivity index is 1.43. The number of para-hydroxylation sites is 2. The molecule has 5 rings (SSSR count). The molecule has 158 valence electrons. The van der Waals surface area contributed by atoms with E-state index >= 15 is 0 Å². The summed E-state index contributed by atoms with van der Waals surface area (Å²) < 4.78 is 2.85. The van der Waals surface area contributed by atoms with Crippen LogP contribution in [0.2, 0.25) is 0 Å². The Kier molecular flexibility index (Phi) is 5.50. The topological polar surface area (TPSA) is 76.9 Å². The molecule has 2 aromatic heterocycles. The van der Waals surface area contributed by atoms with E-state index < -0.39 is 5.25 Å². The third-order valence-corrected chi connectivity index (χ3v) is 7.66. The normalized spacial score (nSPS) is 15.5. The van der Waals surface area contributed by atoms with Gasteiger partial charge in [-0.1, -0.05) is 60.2 Å². The number of thiazole rings is 1. The molecule has 6 nitrogen and oxygen atoms in total. The fourth-order valence-electron chi connectivity index (χ4n) is 4.04. The molecule has 1 amide bonds. The van der Waals surface area contributed by atoms with Gasteiger partial charge in [0.25, 0.3) is 5.56 Å². The van der Waals surface area contributed by atoms with Crippen molar-refractivity contribution in [2.45, 2.75) is 49.1 Å². The summed E-state index contributed by atoms with van der Waals surface area (Å²) in [5.41, 5.74) is 1.52. The minimum Gasteiger partial charge on any atom is -0.301 e. The Labute approximate surface area is 187 Å². The van der Waals surface area contributed by atoms with Crippen LogP contribution in [0.5, 0.6) is 0 Å². The maximum atomic E-state index is 13.3.